The summed E-state index contributed by atoms with van der Waals surface area (Å²) in [5, 5.41) is 8.92. The molecular formula is C13H17FO3. The highest BCUT2D eigenvalue weighted by Gasteiger charge is 2.21. The Balaban J connectivity index is 1.74. The van der Waals surface area contributed by atoms with Gasteiger partial charge < -0.3 is 14.6 Å². The molecule has 2 rings (SSSR count). The molecule has 1 aromatic rings. The molecular weight excluding hydrogens is 223 g/mol. The summed E-state index contributed by atoms with van der Waals surface area (Å²) in [5.74, 6) is 0.766. The summed E-state index contributed by atoms with van der Waals surface area (Å²) in [7, 11) is 0. The Hall–Kier alpha value is -1.13. The van der Waals surface area contributed by atoms with Crippen LogP contribution in [0.3, 0.4) is 0 Å². The summed E-state index contributed by atoms with van der Waals surface area (Å²) < 4.78 is 23.7. The van der Waals surface area contributed by atoms with Gasteiger partial charge in [0, 0.05) is 5.92 Å². The van der Waals surface area contributed by atoms with Gasteiger partial charge in [-0.15, -0.1) is 0 Å². The zero-order chi connectivity index (χ0) is 12.1. The van der Waals surface area contributed by atoms with Gasteiger partial charge in [0.2, 0.25) is 0 Å². The van der Waals surface area contributed by atoms with Crippen LogP contribution in [-0.2, 0) is 4.74 Å². The van der Waals surface area contributed by atoms with E-state index in [0.29, 0.717) is 24.9 Å². The Labute approximate surface area is 100 Å². The maximum absolute atomic E-state index is 12.7. The van der Waals surface area contributed by atoms with Crippen LogP contribution in [0.15, 0.2) is 24.3 Å². The summed E-state index contributed by atoms with van der Waals surface area (Å²) in [6, 6.07) is 6.01. The van der Waals surface area contributed by atoms with Crippen molar-refractivity contribution in [2.24, 2.45) is 5.92 Å². The monoisotopic (exact) mass is 240 g/mol. The van der Waals surface area contributed by atoms with Crippen molar-refractivity contribution in [1.29, 1.82) is 0 Å². The lowest BCUT2D eigenvalue weighted by molar-refractivity contribution is -0.0508. The second-order valence-electron chi connectivity index (χ2n) is 4.35. The molecule has 1 fully saturated rings. The van der Waals surface area contributed by atoms with Crippen LogP contribution in [0.5, 0.6) is 5.75 Å². The highest BCUT2D eigenvalue weighted by atomic mass is 19.1. The molecule has 0 radical (unpaired) electrons. The van der Waals surface area contributed by atoms with Gasteiger partial charge >= 0.3 is 0 Å². The van der Waals surface area contributed by atoms with E-state index < -0.39 is 0 Å². The first-order valence-corrected chi connectivity index (χ1v) is 5.88. The number of hydrogen-bond acceptors (Lipinski definition) is 3. The zero-order valence-corrected chi connectivity index (χ0v) is 9.64. The maximum atomic E-state index is 12.7. The summed E-state index contributed by atoms with van der Waals surface area (Å²) in [6.07, 6.45) is 1.84. The first kappa shape index (κ1) is 12.3. The van der Waals surface area contributed by atoms with E-state index in [0.717, 1.165) is 12.8 Å². The normalized spacial score (nSPS) is 24.6. The Morgan fingerprint density at radius 1 is 1.29 bits per heavy atom. The van der Waals surface area contributed by atoms with Crippen molar-refractivity contribution >= 4 is 0 Å². The number of benzene rings is 1. The minimum absolute atomic E-state index is 0.0166. The first-order chi connectivity index (χ1) is 8.28. The Bertz CT molecular complexity index is 331. The van der Waals surface area contributed by atoms with Crippen LogP contribution in [0, 0.1) is 11.7 Å². The molecule has 1 saturated heterocycles. The molecule has 0 bridgehead atoms. The molecule has 4 heteroatoms. The van der Waals surface area contributed by atoms with Crippen molar-refractivity contribution in [2.45, 2.75) is 18.9 Å². The fraction of sp³-hybridized carbons (Fsp3) is 0.538. The van der Waals surface area contributed by atoms with Crippen molar-refractivity contribution in [1.82, 2.24) is 0 Å². The van der Waals surface area contributed by atoms with Crippen LogP contribution in [0.1, 0.15) is 12.8 Å². The van der Waals surface area contributed by atoms with Crippen LogP contribution in [0.2, 0.25) is 0 Å². The summed E-state index contributed by atoms with van der Waals surface area (Å²) in [4.78, 5) is 0. The SMILES string of the molecule is OC[C@@H]1CC[C@H](COc2ccc(F)cc2)CO1. The van der Waals surface area contributed by atoms with E-state index in [9.17, 15) is 4.39 Å². The van der Waals surface area contributed by atoms with Gasteiger partial charge in [-0.3, -0.25) is 0 Å². The third-order valence-electron chi connectivity index (χ3n) is 2.97. The van der Waals surface area contributed by atoms with Crippen LogP contribution >= 0.6 is 0 Å². The van der Waals surface area contributed by atoms with Crippen molar-refractivity contribution in [3.8, 4) is 5.75 Å². The van der Waals surface area contributed by atoms with Crippen LogP contribution < -0.4 is 4.74 Å². The molecule has 2 atom stereocenters. The second kappa shape index (κ2) is 5.98. The fourth-order valence-corrected chi connectivity index (χ4v) is 1.88. The topological polar surface area (TPSA) is 38.7 Å². The Morgan fingerprint density at radius 2 is 2.06 bits per heavy atom. The van der Waals surface area contributed by atoms with Crippen molar-refractivity contribution in [3.05, 3.63) is 30.1 Å². The summed E-state index contributed by atoms with van der Waals surface area (Å²) >= 11 is 0. The van der Waals surface area contributed by atoms with E-state index in [-0.39, 0.29) is 18.5 Å². The zero-order valence-electron chi connectivity index (χ0n) is 9.64. The molecule has 17 heavy (non-hydrogen) atoms. The van der Waals surface area contributed by atoms with Crippen LogP contribution in [-0.4, -0.2) is 31.0 Å². The standard InChI is InChI=1S/C13H17FO3/c14-11-2-5-12(6-3-11)16-8-10-1-4-13(7-15)17-9-10/h2-3,5-6,10,13,15H,1,4,7-9H2/t10-,13+/m1/s1. The molecule has 0 aromatic heterocycles. The third-order valence-corrected chi connectivity index (χ3v) is 2.97. The molecule has 1 N–H and O–H groups in total. The summed E-state index contributed by atoms with van der Waals surface area (Å²) in [5.41, 5.74) is 0. The number of halogens is 1. The van der Waals surface area contributed by atoms with Gasteiger partial charge in [-0.2, -0.15) is 0 Å². The van der Waals surface area contributed by atoms with Gasteiger partial charge in [0.1, 0.15) is 11.6 Å². The number of aliphatic hydroxyl groups excluding tert-OH is 1. The van der Waals surface area contributed by atoms with Gasteiger partial charge in [0.05, 0.1) is 25.9 Å². The molecule has 1 heterocycles. The molecule has 0 amide bonds. The van der Waals surface area contributed by atoms with Crippen LogP contribution in [0.4, 0.5) is 4.39 Å². The van der Waals surface area contributed by atoms with Crippen molar-refractivity contribution < 1.29 is 19.0 Å². The van der Waals surface area contributed by atoms with E-state index in [1.807, 2.05) is 0 Å². The molecule has 3 nitrogen and oxygen atoms in total. The van der Waals surface area contributed by atoms with E-state index in [4.69, 9.17) is 14.6 Å². The molecule has 1 aromatic carbocycles. The van der Waals surface area contributed by atoms with Gasteiger partial charge in [-0.05, 0) is 37.1 Å². The van der Waals surface area contributed by atoms with Crippen molar-refractivity contribution in [3.63, 3.8) is 0 Å². The van der Waals surface area contributed by atoms with Crippen LogP contribution in [0.25, 0.3) is 0 Å². The maximum Gasteiger partial charge on any atom is 0.123 e. The lowest BCUT2D eigenvalue weighted by Crippen LogP contribution is -2.31. The molecule has 1 aliphatic rings. The average Bonchev–Trinajstić information content (AvgIpc) is 2.39. The smallest absolute Gasteiger partial charge is 0.123 e. The number of aliphatic hydroxyl groups is 1. The Kier molecular flexibility index (Phi) is 4.34. The predicted octanol–water partition coefficient (Wildman–Crippen LogP) is 1.99. The van der Waals surface area contributed by atoms with Gasteiger partial charge in [-0.1, -0.05) is 0 Å². The first-order valence-electron chi connectivity index (χ1n) is 5.88. The number of rotatable bonds is 4. The van der Waals surface area contributed by atoms with E-state index in [1.54, 1.807) is 12.1 Å². The predicted molar refractivity (Wildman–Crippen MR) is 61.4 cm³/mol. The average molecular weight is 240 g/mol. The lowest BCUT2D eigenvalue weighted by atomic mass is 9.99. The quantitative estimate of drug-likeness (QED) is 0.874. The third kappa shape index (κ3) is 3.68. The second-order valence-corrected chi connectivity index (χ2v) is 4.35. The lowest BCUT2D eigenvalue weighted by Gasteiger charge is -2.27. The fourth-order valence-electron chi connectivity index (χ4n) is 1.88. The molecule has 0 spiro atoms. The van der Waals surface area contributed by atoms with E-state index >= 15 is 0 Å². The molecule has 0 saturated carbocycles. The highest BCUT2D eigenvalue weighted by molar-refractivity contribution is 5.22. The number of ether oxygens (including phenoxy) is 2. The molecule has 1 aliphatic heterocycles. The molecule has 0 aliphatic carbocycles. The van der Waals surface area contributed by atoms with E-state index in [2.05, 4.69) is 0 Å². The highest BCUT2D eigenvalue weighted by Crippen LogP contribution is 2.20. The Morgan fingerprint density at radius 3 is 2.65 bits per heavy atom. The molecule has 94 valence electrons. The van der Waals surface area contributed by atoms with Gasteiger partial charge in [-0.25, -0.2) is 4.39 Å². The summed E-state index contributed by atoms with van der Waals surface area (Å²) in [6.45, 7) is 1.28. The minimum Gasteiger partial charge on any atom is -0.493 e. The number of hydrogen-bond donors (Lipinski definition) is 1. The van der Waals surface area contributed by atoms with Crippen molar-refractivity contribution in [2.75, 3.05) is 19.8 Å². The minimum atomic E-state index is -0.260. The largest absolute Gasteiger partial charge is 0.493 e. The van der Waals surface area contributed by atoms with Gasteiger partial charge in [0.25, 0.3) is 0 Å². The molecule has 0 unspecified atom stereocenters. The van der Waals surface area contributed by atoms with Gasteiger partial charge in [0.15, 0.2) is 0 Å². The van der Waals surface area contributed by atoms with E-state index in [1.165, 1.54) is 12.1 Å².